The lowest BCUT2D eigenvalue weighted by molar-refractivity contribution is -0.241. The van der Waals surface area contributed by atoms with Crippen LogP contribution in [0.25, 0.3) is 0 Å². The van der Waals surface area contributed by atoms with Gasteiger partial charge in [-0.3, -0.25) is 4.79 Å². The molecule has 36 heavy (non-hydrogen) atoms. The van der Waals surface area contributed by atoms with Crippen LogP contribution in [0, 0.1) is 50.2 Å². The lowest BCUT2D eigenvalue weighted by atomic mass is 9.33. The average molecular weight is 505 g/mol. The van der Waals surface area contributed by atoms with Crippen molar-refractivity contribution in [2.75, 3.05) is 0 Å². The molecule has 4 saturated carbocycles. The predicted octanol–water partition coefficient (Wildman–Crippen LogP) is 4.15. The van der Waals surface area contributed by atoms with Gasteiger partial charge in [0.1, 0.15) is 5.41 Å². The van der Waals surface area contributed by atoms with E-state index in [1.54, 1.807) is 0 Å². The van der Waals surface area contributed by atoms with Crippen LogP contribution >= 0.6 is 0 Å². The summed E-state index contributed by atoms with van der Waals surface area (Å²) >= 11 is 0. The number of carboxylic acids is 1. The molecule has 5 aliphatic carbocycles. The van der Waals surface area contributed by atoms with Crippen LogP contribution in [0.3, 0.4) is 0 Å². The van der Waals surface area contributed by atoms with Gasteiger partial charge in [-0.2, -0.15) is 0 Å². The van der Waals surface area contributed by atoms with Crippen LogP contribution in [0.1, 0.15) is 93.4 Å². The monoisotopic (exact) mass is 504 g/mol. The van der Waals surface area contributed by atoms with Crippen LogP contribution < -0.4 is 0 Å². The Bertz CT molecular complexity index is 986. The Labute approximate surface area is 216 Å². The number of aliphatic carboxylic acids is 1. The standard InChI is InChI=1S/C30H48O6/c1-25(2)12-17-16-8-9-20-27(5)13-18(31)23(34)26(3,4)19(27)10-11-28(20,6)29(16,7)14-22(33)30(17,24(35)36)15-21(25)32/h8,17-23,31-34H,9-15H2,1-7H3,(H,35,36)/t17-,18-,19-,20+,21-,22-,23-,27-,28+,29+,30+/m0/s1. The highest BCUT2D eigenvalue weighted by molar-refractivity contribution is 5.78. The van der Waals surface area contributed by atoms with Gasteiger partial charge in [-0.25, -0.2) is 0 Å². The number of carboxylic acid groups (broad SMARTS) is 1. The number of hydrogen-bond donors (Lipinski definition) is 5. The second kappa shape index (κ2) is 7.58. The van der Waals surface area contributed by atoms with Crippen molar-refractivity contribution in [1.82, 2.24) is 0 Å². The number of carbonyl (C=O) groups is 1. The van der Waals surface area contributed by atoms with E-state index in [-0.39, 0.29) is 40.4 Å². The molecule has 0 aromatic carbocycles. The van der Waals surface area contributed by atoms with Crippen LogP contribution in [0.15, 0.2) is 11.6 Å². The second-order valence-corrected chi connectivity index (χ2v) is 15.4. The number of allylic oxidation sites excluding steroid dienone is 2. The highest BCUT2D eigenvalue weighted by Crippen LogP contribution is 2.75. The van der Waals surface area contributed by atoms with Crippen LogP contribution in [0.2, 0.25) is 0 Å². The van der Waals surface area contributed by atoms with Crippen molar-refractivity contribution < 1.29 is 30.3 Å². The quantitative estimate of drug-likeness (QED) is 0.343. The molecule has 0 radical (unpaired) electrons. The summed E-state index contributed by atoms with van der Waals surface area (Å²) in [5.41, 5.74) is -1.74. The maximum Gasteiger partial charge on any atom is 0.312 e. The van der Waals surface area contributed by atoms with Crippen LogP contribution in [-0.2, 0) is 4.79 Å². The van der Waals surface area contributed by atoms with E-state index in [0.717, 1.165) is 19.3 Å². The molecule has 5 rings (SSSR count). The highest BCUT2D eigenvalue weighted by Gasteiger charge is 2.72. The van der Waals surface area contributed by atoms with E-state index in [4.69, 9.17) is 0 Å². The summed E-state index contributed by atoms with van der Waals surface area (Å²) in [6, 6.07) is 0. The van der Waals surface area contributed by atoms with Crippen molar-refractivity contribution in [2.45, 2.75) is 118 Å². The summed E-state index contributed by atoms with van der Waals surface area (Å²) < 4.78 is 0. The summed E-state index contributed by atoms with van der Waals surface area (Å²) in [6.07, 6.45) is 3.24. The first kappa shape index (κ1) is 26.6. The lowest BCUT2D eigenvalue weighted by Crippen LogP contribution is -2.69. The molecule has 11 atom stereocenters. The summed E-state index contributed by atoms with van der Waals surface area (Å²) in [4.78, 5) is 12.8. The molecular weight excluding hydrogens is 456 g/mol. The van der Waals surface area contributed by atoms with Crippen LogP contribution in [0.5, 0.6) is 0 Å². The Morgan fingerprint density at radius 3 is 2.11 bits per heavy atom. The first-order valence-corrected chi connectivity index (χ1v) is 14.1. The number of rotatable bonds is 1. The van der Waals surface area contributed by atoms with Gasteiger partial charge in [-0.05, 0) is 89.8 Å². The van der Waals surface area contributed by atoms with E-state index >= 15 is 0 Å². The summed E-state index contributed by atoms with van der Waals surface area (Å²) in [5.74, 6) is -0.784. The van der Waals surface area contributed by atoms with E-state index in [1.165, 1.54) is 5.57 Å². The molecule has 6 nitrogen and oxygen atoms in total. The Morgan fingerprint density at radius 1 is 0.861 bits per heavy atom. The fourth-order valence-corrected chi connectivity index (χ4v) is 10.8. The van der Waals surface area contributed by atoms with Gasteiger partial charge in [0.05, 0.1) is 24.4 Å². The molecule has 5 N–H and O–H groups in total. The normalized spacial score (nSPS) is 55.3. The largest absolute Gasteiger partial charge is 0.481 e. The number of hydrogen-bond acceptors (Lipinski definition) is 5. The van der Waals surface area contributed by atoms with Gasteiger partial charge in [-0.15, -0.1) is 0 Å². The Kier molecular flexibility index (Phi) is 5.61. The first-order chi connectivity index (χ1) is 16.4. The molecule has 6 heteroatoms. The summed E-state index contributed by atoms with van der Waals surface area (Å²) in [5, 5.41) is 55.0. The van der Waals surface area contributed by atoms with Crippen LogP contribution in [-0.4, -0.2) is 55.9 Å². The lowest BCUT2D eigenvalue weighted by Gasteiger charge is -2.72. The molecule has 0 amide bonds. The maximum atomic E-state index is 12.8. The van der Waals surface area contributed by atoms with Crippen molar-refractivity contribution >= 4 is 5.97 Å². The van der Waals surface area contributed by atoms with E-state index in [9.17, 15) is 30.3 Å². The van der Waals surface area contributed by atoms with Gasteiger partial charge >= 0.3 is 5.97 Å². The zero-order valence-electron chi connectivity index (χ0n) is 23.2. The number of aliphatic hydroxyl groups is 4. The van der Waals surface area contributed by atoms with Crippen LogP contribution in [0.4, 0.5) is 0 Å². The molecule has 0 unspecified atom stereocenters. The minimum absolute atomic E-state index is 0.0762. The second-order valence-electron chi connectivity index (χ2n) is 15.4. The third-order valence-electron chi connectivity index (χ3n) is 13.2. The molecule has 0 aromatic rings. The third kappa shape index (κ3) is 2.96. The molecule has 204 valence electrons. The van der Waals surface area contributed by atoms with Gasteiger partial charge in [0.15, 0.2) is 0 Å². The van der Waals surface area contributed by atoms with Gasteiger partial charge in [-0.1, -0.05) is 60.1 Å². The summed E-state index contributed by atoms with van der Waals surface area (Å²) in [6.45, 7) is 15.1. The minimum Gasteiger partial charge on any atom is -0.481 e. The third-order valence-corrected chi connectivity index (χ3v) is 13.2. The topological polar surface area (TPSA) is 118 Å². The fraction of sp³-hybridized carbons (Fsp3) is 0.900. The first-order valence-electron chi connectivity index (χ1n) is 14.1. The zero-order valence-corrected chi connectivity index (χ0v) is 23.2. The molecule has 5 aliphatic rings. The van der Waals surface area contributed by atoms with Crippen molar-refractivity contribution in [3.05, 3.63) is 11.6 Å². The molecule has 0 saturated heterocycles. The van der Waals surface area contributed by atoms with E-state index in [1.807, 2.05) is 13.8 Å². The van der Waals surface area contributed by atoms with Crippen molar-refractivity contribution in [1.29, 1.82) is 0 Å². The molecular formula is C30H48O6. The van der Waals surface area contributed by atoms with E-state index < -0.39 is 46.6 Å². The smallest absolute Gasteiger partial charge is 0.312 e. The SMILES string of the molecule is CC1(C)C[C@H]2C3=CC[C@@H]4[C@@]5(C)C[C@H](O)[C@H](O)C(C)(C)[C@@H]5CC[C@@]4(C)[C@]3(C)C[C@H](O)[C@@]2(C(=O)O)C[C@@H]1O. The maximum absolute atomic E-state index is 12.8. The highest BCUT2D eigenvalue weighted by atomic mass is 16.4. The van der Waals surface area contributed by atoms with Crippen molar-refractivity contribution in [3.8, 4) is 0 Å². The Morgan fingerprint density at radius 2 is 1.50 bits per heavy atom. The molecule has 0 aliphatic heterocycles. The van der Waals surface area contributed by atoms with Gasteiger partial charge in [0, 0.05) is 0 Å². The van der Waals surface area contributed by atoms with Crippen molar-refractivity contribution in [2.24, 2.45) is 50.2 Å². The van der Waals surface area contributed by atoms with E-state index in [2.05, 4.69) is 40.7 Å². The zero-order chi connectivity index (χ0) is 26.9. The minimum atomic E-state index is -1.36. The van der Waals surface area contributed by atoms with Crippen molar-refractivity contribution in [3.63, 3.8) is 0 Å². The average Bonchev–Trinajstić information content (AvgIpc) is 2.74. The molecule has 4 fully saturated rings. The Hall–Kier alpha value is -0.950. The molecule has 0 heterocycles. The number of aliphatic hydroxyl groups excluding tert-OH is 4. The fourth-order valence-electron chi connectivity index (χ4n) is 10.8. The van der Waals surface area contributed by atoms with Gasteiger partial charge < -0.3 is 25.5 Å². The van der Waals surface area contributed by atoms with Gasteiger partial charge in [0.25, 0.3) is 0 Å². The van der Waals surface area contributed by atoms with E-state index in [0.29, 0.717) is 19.3 Å². The molecule has 0 spiro atoms. The predicted molar refractivity (Wildman–Crippen MR) is 137 cm³/mol. The molecule has 0 bridgehead atoms. The number of fused-ring (bicyclic) bond motifs is 7. The van der Waals surface area contributed by atoms with Gasteiger partial charge in [0.2, 0.25) is 0 Å². The Balaban J connectivity index is 1.64. The summed E-state index contributed by atoms with van der Waals surface area (Å²) in [7, 11) is 0. The molecule has 0 aromatic heterocycles.